The van der Waals surface area contributed by atoms with Gasteiger partial charge in [-0.25, -0.2) is 0 Å². The summed E-state index contributed by atoms with van der Waals surface area (Å²) in [4.78, 5) is 0. The molecule has 9 N–H and O–H groups in total. The van der Waals surface area contributed by atoms with Crippen molar-refractivity contribution >= 4 is 0 Å². The Kier molecular flexibility index (Phi) is 12.9. The summed E-state index contributed by atoms with van der Waals surface area (Å²) in [6, 6.07) is 0. The average Bonchev–Trinajstić information content (AvgIpc) is 3.70. The van der Waals surface area contributed by atoms with Crippen LogP contribution in [0.3, 0.4) is 0 Å². The predicted octanol–water partition coefficient (Wildman–Crippen LogP) is 0.214. The highest BCUT2D eigenvalue weighted by Gasteiger charge is 2.69. The molecule has 0 amide bonds. The van der Waals surface area contributed by atoms with E-state index in [4.69, 9.17) is 37.9 Å². The van der Waals surface area contributed by atoms with Gasteiger partial charge in [-0.05, 0) is 98.7 Å². The Hall–Kier alpha value is -0.940. The molecule has 5 aliphatic heterocycles. The fourth-order valence-electron chi connectivity index (χ4n) is 14.0. The first-order chi connectivity index (χ1) is 29.4. The fourth-order valence-corrected chi connectivity index (χ4v) is 14.0. The van der Waals surface area contributed by atoms with E-state index in [1.165, 1.54) is 12.5 Å². The summed E-state index contributed by atoms with van der Waals surface area (Å²) in [5.41, 5.74) is 1.48. The predicted molar refractivity (Wildman–Crippen MR) is 214 cm³/mol. The molecule has 5 saturated heterocycles. The monoisotopic (exact) mass is 884 g/mol. The van der Waals surface area contributed by atoms with Gasteiger partial charge in [-0.2, -0.15) is 0 Å². The van der Waals surface area contributed by atoms with Crippen LogP contribution in [0, 0.1) is 46.3 Å². The Morgan fingerprint density at radius 2 is 1.35 bits per heavy atom. The van der Waals surface area contributed by atoms with Gasteiger partial charge in [0, 0.05) is 12.3 Å². The SMILES string of the molecule is C[C@@H]1CC[C@@]2(OC1)O[C@H]1C[C@H]3[C@@H]4CC=C5C[C@@H](O[C@@H]6O[C@H](CO)[C@@H](O[C@H]7O[C@H](CO)[C@@H](O)[C@H](O)[C@H]7O)[C@H](O)[C@H]6O[C@@H]6O[C@@H](C)[C@H](O)[C@@H](O)[C@H]6O)CC[C@]5(C)[C@H]4CC[C@]3(C)[C@H]1[C@@H]2C. The van der Waals surface area contributed by atoms with Gasteiger partial charge in [-0.1, -0.05) is 39.3 Å². The van der Waals surface area contributed by atoms with Gasteiger partial charge in [0.2, 0.25) is 0 Å². The van der Waals surface area contributed by atoms with Crippen molar-refractivity contribution in [2.45, 2.75) is 203 Å². The summed E-state index contributed by atoms with van der Waals surface area (Å²) in [6.07, 6.45) is -12.0. The molecule has 3 saturated carbocycles. The van der Waals surface area contributed by atoms with Crippen molar-refractivity contribution in [2.75, 3.05) is 19.8 Å². The molecule has 0 bridgehead atoms. The summed E-state index contributed by atoms with van der Waals surface area (Å²) in [5, 5.41) is 95.7. The van der Waals surface area contributed by atoms with Crippen LogP contribution in [-0.2, 0) is 37.9 Å². The molecular formula is C45H72O17. The highest BCUT2D eigenvalue weighted by molar-refractivity contribution is 5.26. The molecule has 17 heteroatoms. The van der Waals surface area contributed by atoms with Crippen LogP contribution in [-0.4, -0.2) is 176 Å². The van der Waals surface area contributed by atoms with E-state index >= 15 is 0 Å². The van der Waals surface area contributed by atoms with Gasteiger partial charge >= 0.3 is 0 Å². The smallest absolute Gasteiger partial charge is 0.187 e. The Bertz CT molecular complexity index is 1610. The van der Waals surface area contributed by atoms with E-state index in [0.717, 1.165) is 51.6 Å². The highest BCUT2D eigenvalue weighted by Crippen LogP contribution is 2.70. The van der Waals surface area contributed by atoms with E-state index in [0.29, 0.717) is 48.3 Å². The van der Waals surface area contributed by atoms with Crippen molar-refractivity contribution in [3.05, 3.63) is 11.6 Å². The lowest BCUT2D eigenvalue weighted by Gasteiger charge is -2.58. The minimum Gasteiger partial charge on any atom is -0.394 e. The van der Waals surface area contributed by atoms with E-state index in [-0.39, 0.29) is 23.0 Å². The largest absolute Gasteiger partial charge is 0.394 e. The molecule has 8 fully saturated rings. The summed E-state index contributed by atoms with van der Waals surface area (Å²) in [6.45, 7) is 10.4. The molecule has 9 rings (SSSR count). The number of hydrogen-bond acceptors (Lipinski definition) is 17. The van der Waals surface area contributed by atoms with Crippen molar-refractivity contribution in [3.8, 4) is 0 Å². The molecule has 1 spiro atoms. The van der Waals surface area contributed by atoms with Crippen molar-refractivity contribution < 1.29 is 83.9 Å². The molecule has 5 heterocycles. The first-order valence-corrected chi connectivity index (χ1v) is 23.4. The van der Waals surface area contributed by atoms with Crippen molar-refractivity contribution in [3.63, 3.8) is 0 Å². The van der Waals surface area contributed by atoms with E-state index < -0.39 is 111 Å². The second-order valence-electron chi connectivity index (χ2n) is 21.1. The standard InChI is InChI=1S/C45H72O17/c1-19-8-13-45(55-18-19)20(2)30-27(62-45)15-26-24-7-6-22-14-23(9-11-43(22,4)25(24)10-12-44(26,30)5)57-42-39(61-40-35(52)33(50)31(48)21(3)56-40)37(54)38(29(17-47)59-42)60-41-36(53)34(51)32(49)28(16-46)58-41/h6,19-21,23-42,46-54H,7-18H2,1-5H3/t19-,20+,21+,23+,24-,25+,26+,27+,28-,29-,30+,31+,32-,33-,34+,35-,36-,37+,38-,39-,40+,41-,42-,43+,44+,45-/m1/s1. The van der Waals surface area contributed by atoms with Crippen LogP contribution in [0.4, 0.5) is 0 Å². The minimum absolute atomic E-state index is 0.0356. The van der Waals surface area contributed by atoms with Gasteiger partial charge in [0.25, 0.3) is 0 Å². The average molecular weight is 885 g/mol. The van der Waals surface area contributed by atoms with E-state index in [1.54, 1.807) is 0 Å². The molecule has 0 aromatic rings. The van der Waals surface area contributed by atoms with Crippen LogP contribution in [0.5, 0.6) is 0 Å². The maximum absolute atomic E-state index is 12.0. The normalized spacial score (nSPS) is 57.6. The van der Waals surface area contributed by atoms with Crippen molar-refractivity contribution in [2.24, 2.45) is 46.3 Å². The lowest BCUT2D eigenvalue weighted by atomic mass is 9.47. The van der Waals surface area contributed by atoms with Crippen molar-refractivity contribution in [1.29, 1.82) is 0 Å². The van der Waals surface area contributed by atoms with Gasteiger partial charge in [-0.15, -0.1) is 0 Å². The van der Waals surface area contributed by atoms with E-state index in [1.807, 2.05) is 0 Å². The zero-order valence-electron chi connectivity index (χ0n) is 36.6. The van der Waals surface area contributed by atoms with Gasteiger partial charge in [-0.3, -0.25) is 0 Å². The summed E-state index contributed by atoms with van der Waals surface area (Å²) in [7, 11) is 0. The fraction of sp³-hybridized carbons (Fsp3) is 0.956. The lowest BCUT2D eigenvalue weighted by molar-refractivity contribution is -0.389. The minimum atomic E-state index is -1.82. The molecule has 26 atom stereocenters. The first-order valence-electron chi connectivity index (χ1n) is 23.4. The number of allylic oxidation sites excluding steroid dienone is 1. The maximum Gasteiger partial charge on any atom is 0.187 e. The summed E-state index contributed by atoms with van der Waals surface area (Å²) in [5.74, 6) is 2.56. The molecule has 354 valence electrons. The molecule has 0 unspecified atom stereocenters. The number of rotatable bonds is 8. The van der Waals surface area contributed by atoms with Gasteiger partial charge in [0.1, 0.15) is 67.1 Å². The molecule has 0 aromatic carbocycles. The third kappa shape index (κ3) is 7.49. The van der Waals surface area contributed by atoms with Crippen LogP contribution in [0.15, 0.2) is 11.6 Å². The molecule has 4 aliphatic carbocycles. The third-order valence-electron chi connectivity index (χ3n) is 17.7. The van der Waals surface area contributed by atoms with Crippen LogP contribution >= 0.6 is 0 Å². The van der Waals surface area contributed by atoms with Crippen molar-refractivity contribution in [1.82, 2.24) is 0 Å². The van der Waals surface area contributed by atoms with Gasteiger partial charge in [0.15, 0.2) is 24.7 Å². The van der Waals surface area contributed by atoms with Gasteiger partial charge < -0.3 is 83.9 Å². The number of hydrogen-bond donors (Lipinski definition) is 9. The van der Waals surface area contributed by atoms with Crippen LogP contribution in [0.25, 0.3) is 0 Å². The van der Waals surface area contributed by atoms with E-state index in [9.17, 15) is 46.0 Å². The van der Waals surface area contributed by atoms with Crippen LogP contribution < -0.4 is 0 Å². The zero-order chi connectivity index (χ0) is 44.2. The molecule has 9 aliphatic rings. The number of aliphatic hydroxyl groups excluding tert-OH is 9. The number of aliphatic hydroxyl groups is 9. The summed E-state index contributed by atoms with van der Waals surface area (Å²) >= 11 is 0. The topological polar surface area (TPSA) is 256 Å². The molecule has 62 heavy (non-hydrogen) atoms. The number of fused-ring (bicyclic) bond motifs is 7. The molecule has 0 aromatic heterocycles. The molecule has 0 radical (unpaired) electrons. The Morgan fingerprint density at radius 1 is 0.677 bits per heavy atom. The second-order valence-corrected chi connectivity index (χ2v) is 21.1. The Balaban J connectivity index is 0.917. The molecule has 17 nitrogen and oxygen atoms in total. The lowest BCUT2D eigenvalue weighted by Crippen LogP contribution is -2.67. The highest BCUT2D eigenvalue weighted by atomic mass is 16.8. The maximum atomic E-state index is 12.0. The third-order valence-corrected chi connectivity index (χ3v) is 17.7. The zero-order valence-corrected chi connectivity index (χ0v) is 36.6. The first kappa shape index (κ1) is 46.2. The Labute approximate surface area is 363 Å². The van der Waals surface area contributed by atoms with E-state index in [2.05, 4.69) is 33.8 Å². The van der Waals surface area contributed by atoms with Crippen LogP contribution in [0.2, 0.25) is 0 Å². The van der Waals surface area contributed by atoms with Crippen LogP contribution in [0.1, 0.15) is 92.4 Å². The second kappa shape index (κ2) is 17.3. The summed E-state index contributed by atoms with van der Waals surface area (Å²) < 4.78 is 49.9. The molecular weight excluding hydrogens is 812 g/mol. The van der Waals surface area contributed by atoms with Gasteiger partial charge in [0.05, 0.1) is 38.1 Å². The quantitative estimate of drug-likeness (QED) is 0.148. The number of ether oxygens (including phenoxy) is 8. The Morgan fingerprint density at radius 3 is 2.05 bits per heavy atom.